The Morgan fingerprint density at radius 2 is 2.12 bits per heavy atom. The largest absolute Gasteiger partial charge is 0.207 e. The lowest BCUT2D eigenvalue weighted by atomic mass is 9.80. The molecule has 0 heterocycles. The molecule has 1 atom stereocenters. The Labute approximate surface area is 93.7 Å². The fourth-order valence-corrected chi connectivity index (χ4v) is 2.06. The van der Waals surface area contributed by atoms with Gasteiger partial charge in [0.2, 0.25) is 0 Å². The van der Waals surface area contributed by atoms with E-state index in [1.165, 1.54) is 12.1 Å². The maximum atomic E-state index is 13.5. The minimum Gasteiger partial charge on any atom is -0.207 e. The summed E-state index contributed by atoms with van der Waals surface area (Å²) in [5.41, 5.74) is -0.0871. The van der Waals surface area contributed by atoms with Crippen LogP contribution in [-0.4, -0.2) is 0 Å². The van der Waals surface area contributed by atoms with E-state index in [-0.39, 0.29) is 0 Å². The molecule has 0 aliphatic heterocycles. The molecule has 1 fully saturated rings. The Kier molecular flexibility index (Phi) is 2.67. The summed E-state index contributed by atoms with van der Waals surface area (Å²) in [4.78, 5) is 0. The second-order valence-electron chi connectivity index (χ2n) is 4.72. The van der Waals surface area contributed by atoms with E-state index in [0.717, 1.165) is 18.9 Å². The molecular weight excluding hydrogens is 208 g/mol. The van der Waals surface area contributed by atoms with Crippen LogP contribution in [0.15, 0.2) is 18.2 Å². The SMILES string of the molecule is CC(C#N)(Cc1ccc(F)cc1F)C1CC1. The van der Waals surface area contributed by atoms with Crippen LogP contribution in [0.1, 0.15) is 25.3 Å². The highest BCUT2D eigenvalue weighted by Crippen LogP contribution is 2.47. The van der Waals surface area contributed by atoms with Crippen LogP contribution in [-0.2, 0) is 6.42 Å². The summed E-state index contributed by atoms with van der Waals surface area (Å²) in [5, 5.41) is 9.16. The predicted octanol–water partition coefficient (Wildman–Crippen LogP) is 3.45. The summed E-state index contributed by atoms with van der Waals surface area (Å²) in [6.45, 7) is 1.85. The molecule has 0 aromatic heterocycles. The molecule has 3 heteroatoms. The zero-order valence-electron chi connectivity index (χ0n) is 9.13. The molecule has 16 heavy (non-hydrogen) atoms. The van der Waals surface area contributed by atoms with Crippen molar-refractivity contribution >= 4 is 0 Å². The summed E-state index contributed by atoms with van der Waals surface area (Å²) in [6.07, 6.45) is 2.43. The molecule has 84 valence electrons. The number of hydrogen-bond acceptors (Lipinski definition) is 1. The summed E-state index contributed by atoms with van der Waals surface area (Å²) < 4.78 is 26.2. The predicted molar refractivity (Wildman–Crippen MR) is 56.5 cm³/mol. The number of nitriles is 1. The molecule has 0 N–H and O–H groups in total. The molecule has 0 amide bonds. The second-order valence-corrected chi connectivity index (χ2v) is 4.72. The highest BCUT2D eigenvalue weighted by atomic mass is 19.1. The summed E-state index contributed by atoms with van der Waals surface area (Å²) in [7, 11) is 0. The Hall–Kier alpha value is -1.43. The minimum absolute atomic E-state index is 0.361. The Balaban J connectivity index is 2.23. The van der Waals surface area contributed by atoms with E-state index >= 15 is 0 Å². The van der Waals surface area contributed by atoms with Gasteiger partial charge in [-0.3, -0.25) is 0 Å². The molecule has 1 aromatic carbocycles. The number of halogens is 2. The zero-order chi connectivity index (χ0) is 11.8. The molecule has 0 bridgehead atoms. The van der Waals surface area contributed by atoms with Gasteiger partial charge in [0.1, 0.15) is 11.6 Å². The molecule has 0 saturated heterocycles. The van der Waals surface area contributed by atoms with Crippen LogP contribution in [0.3, 0.4) is 0 Å². The van der Waals surface area contributed by atoms with Gasteiger partial charge < -0.3 is 0 Å². The van der Waals surface area contributed by atoms with Gasteiger partial charge in [0.05, 0.1) is 11.5 Å². The van der Waals surface area contributed by atoms with E-state index in [2.05, 4.69) is 6.07 Å². The normalized spacial score (nSPS) is 18.9. The Morgan fingerprint density at radius 3 is 2.62 bits per heavy atom. The van der Waals surface area contributed by atoms with E-state index in [1.54, 1.807) is 0 Å². The number of nitrogens with zero attached hydrogens (tertiary/aromatic N) is 1. The second kappa shape index (κ2) is 3.86. The average Bonchev–Trinajstić information content (AvgIpc) is 3.06. The Morgan fingerprint density at radius 1 is 1.44 bits per heavy atom. The average molecular weight is 221 g/mol. The van der Waals surface area contributed by atoms with Crippen molar-refractivity contribution in [2.24, 2.45) is 11.3 Å². The molecule has 1 nitrogen and oxygen atoms in total. The van der Waals surface area contributed by atoms with E-state index < -0.39 is 17.0 Å². The fourth-order valence-electron chi connectivity index (χ4n) is 2.06. The van der Waals surface area contributed by atoms with Crippen molar-refractivity contribution in [1.82, 2.24) is 0 Å². The molecular formula is C13H13F2N. The zero-order valence-corrected chi connectivity index (χ0v) is 9.13. The van der Waals surface area contributed by atoms with Gasteiger partial charge in [0, 0.05) is 6.07 Å². The third-order valence-electron chi connectivity index (χ3n) is 3.31. The first-order valence-corrected chi connectivity index (χ1v) is 5.40. The van der Waals surface area contributed by atoms with Gasteiger partial charge in [-0.05, 0) is 43.7 Å². The fraction of sp³-hybridized carbons (Fsp3) is 0.462. The molecule has 1 saturated carbocycles. The lowest BCUT2D eigenvalue weighted by molar-refractivity contribution is 0.369. The quantitative estimate of drug-likeness (QED) is 0.766. The summed E-state index contributed by atoms with van der Waals surface area (Å²) in [6, 6.07) is 5.82. The number of rotatable bonds is 3. The van der Waals surface area contributed by atoms with Crippen molar-refractivity contribution in [3.8, 4) is 6.07 Å². The van der Waals surface area contributed by atoms with Gasteiger partial charge in [-0.2, -0.15) is 5.26 Å². The van der Waals surface area contributed by atoms with Crippen LogP contribution in [0.2, 0.25) is 0 Å². The van der Waals surface area contributed by atoms with Gasteiger partial charge in [0.15, 0.2) is 0 Å². The van der Waals surface area contributed by atoms with Crippen LogP contribution in [0.4, 0.5) is 8.78 Å². The summed E-state index contributed by atoms with van der Waals surface area (Å²) >= 11 is 0. The van der Waals surface area contributed by atoms with Crippen molar-refractivity contribution in [1.29, 1.82) is 5.26 Å². The van der Waals surface area contributed by atoms with Gasteiger partial charge in [-0.25, -0.2) is 8.78 Å². The molecule has 2 rings (SSSR count). The van der Waals surface area contributed by atoms with Crippen molar-refractivity contribution in [2.45, 2.75) is 26.2 Å². The van der Waals surface area contributed by atoms with Gasteiger partial charge in [-0.1, -0.05) is 6.07 Å². The van der Waals surface area contributed by atoms with E-state index in [1.807, 2.05) is 6.92 Å². The van der Waals surface area contributed by atoms with Crippen molar-refractivity contribution in [2.75, 3.05) is 0 Å². The lowest BCUT2D eigenvalue weighted by Gasteiger charge is -2.21. The first kappa shape index (κ1) is 11.1. The summed E-state index contributed by atoms with van der Waals surface area (Å²) in [5.74, 6) is -0.768. The van der Waals surface area contributed by atoms with Gasteiger partial charge >= 0.3 is 0 Å². The van der Waals surface area contributed by atoms with Crippen LogP contribution in [0.5, 0.6) is 0 Å². The first-order valence-electron chi connectivity index (χ1n) is 5.40. The highest BCUT2D eigenvalue weighted by molar-refractivity contribution is 5.23. The number of hydrogen-bond donors (Lipinski definition) is 0. The van der Waals surface area contributed by atoms with Gasteiger partial charge in [0.25, 0.3) is 0 Å². The van der Waals surface area contributed by atoms with Crippen LogP contribution >= 0.6 is 0 Å². The van der Waals surface area contributed by atoms with Crippen LogP contribution < -0.4 is 0 Å². The van der Waals surface area contributed by atoms with E-state index in [0.29, 0.717) is 17.9 Å². The van der Waals surface area contributed by atoms with Crippen molar-refractivity contribution < 1.29 is 8.78 Å². The maximum Gasteiger partial charge on any atom is 0.129 e. The topological polar surface area (TPSA) is 23.8 Å². The third kappa shape index (κ3) is 2.06. The molecule has 1 aliphatic carbocycles. The van der Waals surface area contributed by atoms with E-state index in [4.69, 9.17) is 5.26 Å². The number of benzene rings is 1. The molecule has 1 aromatic rings. The maximum absolute atomic E-state index is 13.5. The van der Waals surface area contributed by atoms with Crippen LogP contribution in [0.25, 0.3) is 0 Å². The van der Waals surface area contributed by atoms with E-state index in [9.17, 15) is 8.78 Å². The Bertz CT molecular complexity index is 446. The van der Waals surface area contributed by atoms with Crippen molar-refractivity contribution in [3.63, 3.8) is 0 Å². The molecule has 1 unspecified atom stereocenters. The van der Waals surface area contributed by atoms with Crippen molar-refractivity contribution in [3.05, 3.63) is 35.4 Å². The first-order chi connectivity index (χ1) is 7.55. The smallest absolute Gasteiger partial charge is 0.129 e. The highest BCUT2D eigenvalue weighted by Gasteiger charge is 2.42. The molecule has 1 aliphatic rings. The van der Waals surface area contributed by atoms with Crippen LogP contribution in [0, 0.1) is 34.3 Å². The molecule has 0 radical (unpaired) electrons. The minimum atomic E-state index is -0.577. The lowest BCUT2D eigenvalue weighted by Crippen LogP contribution is -2.20. The molecule has 0 spiro atoms. The van der Waals surface area contributed by atoms with Gasteiger partial charge in [-0.15, -0.1) is 0 Å². The third-order valence-corrected chi connectivity index (χ3v) is 3.31. The monoisotopic (exact) mass is 221 g/mol. The standard InChI is InChI=1S/C13H13F2N/c1-13(8-16,10-3-4-10)7-9-2-5-11(14)6-12(9)15/h2,5-6,10H,3-4,7H2,1H3.